The number of nitrogens with one attached hydrogen (secondary N) is 1. The van der Waals surface area contributed by atoms with Crippen LogP contribution in [-0.4, -0.2) is 11.1 Å². The fraction of sp³-hybridized carbons (Fsp3) is 0.188. The van der Waals surface area contributed by atoms with Gasteiger partial charge >= 0.3 is 5.97 Å². The van der Waals surface area contributed by atoms with Gasteiger partial charge in [0.1, 0.15) is 0 Å². The first kappa shape index (κ1) is 14.2. The first-order chi connectivity index (χ1) is 9.63. The van der Waals surface area contributed by atoms with Crippen LogP contribution < -0.4 is 5.48 Å². The summed E-state index contributed by atoms with van der Waals surface area (Å²) in [5, 5.41) is 9.44. The van der Waals surface area contributed by atoms with Gasteiger partial charge in [-0.2, -0.15) is 5.48 Å². The van der Waals surface area contributed by atoms with Crippen LogP contribution >= 0.6 is 0 Å². The van der Waals surface area contributed by atoms with Gasteiger partial charge in [-0.1, -0.05) is 60.7 Å². The summed E-state index contributed by atoms with van der Waals surface area (Å²) in [6.07, 6.45) is 0. The lowest BCUT2D eigenvalue weighted by molar-refractivity contribution is -0.153. The maximum atomic E-state index is 11.5. The van der Waals surface area contributed by atoms with Crippen LogP contribution in [-0.2, 0) is 21.8 Å². The number of aliphatic carboxylic acids is 1. The molecule has 0 radical (unpaired) electrons. The predicted molar refractivity (Wildman–Crippen MR) is 75.8 cm³/mol. The average Bonchev–Trinajstić information content (AvgIpc) is 2.49. The van der Waals surface area contributed by atoms with Crippen molar-refractivity contribution in [3.8, 4) is 0 Å². The van der Waals surface area contributed by atoms with Crippen LogP contribution in [0.2, 0.25) is 0 Å². The second-order valence-corrected chi connectivity index (χ2v) is 4.67. The zero-order valence-corrected chi connectivity index (χ0v) is 11.2. The van der Waals surface area contributed by atoms with Crippen LogP contribution in [0.1, 0.15) is 18.1 Å². The molecule has 4 nitrogen and oxygen atoms in total. The molecule has 1 atom stereocenters. The molecule has 4 heteroatoms. The number of hydrogen-bond acceptors (Lipinski definition) is 3. The summed E-state index contributed by atoms with van der Waals surface area (Å²) in [6, 6.07) is 18.5. The molecule has 0 aromatic heterocycles. The highest BCUT2D eigenvalue weighted by Gasteiger charge is 2.35. The first-order valence-electron chi connectivity index (χ1n) is 6.35. The van der Waals surface area contributed by atoms with E-state index in [4.69, 9.17) is 4.84 Å². The minimum atomic E-state index is -1.28. The van der Waals surface area contributed by atoms with Gasteiger partial charge in [0, 0.05) is 0 Å². The van der Waals surface area contributed by atoms with Gasteiger partial charge in [-0.3, -0.25) is 4.84 Å². The highest BCUT2D eigenvalue weighted by atomic mass is 16.6. The second kappa shape index (κ2) is 6.32. The molecular formula is C16H17NO3. The summed E-state index contributed by atoms with van der Waals surface area (Å²) in [6.45, 7) is 1.88. The molecule has 1 unspecified atom stereocenters. The summed E-state index contributed by atoms with van der Waals surface area (Å²) >= 11 is 0. The van der Waals surface area contributed by atoms with Crippen LogP contribution in [0.5, 0.6) is 0 Å². The highest BCUT2D eigenvalue weighted by Crippen LogP contribution is 2.21. The number of carboxylic acid groups (broad SMARTS) is 1. The van der Waals surface area contributed by atoms with Gasteiger partial charge in [0.15, 0.2) is 5.54 Å². The van der Waals surface area contributed by atoms with E-state index in [1.54, 1.807) is 31.2 Å². The Kier molecular flexibility index (Phi) is 4.50. The van der Waals surface area contributed by atoms with E-state index >= 15 is 0 Å². The molecule has 0 bridgehead atoms. The van der Waals surface area contributed by atoms with Gasteiger partial charge in [0.2, 0.25) is 0 Å². The quantitative estimate of drug-likeness (QED) is 0.793. The Morgan fingerprint density at radius 1 is 1.10 bits per heavy atom. The molecule has 2 rings (SSSR count). The monoisotopic (exact) mass is 271 g/mol. The Bertz CT molecular complexity index is 556. The molecule has 0 aliphatic carbocycles. The Labute approximate surface area is 118 Å². The van der Waals surface area contributed by atoms with E-state index in [-0.39, 0.29) is 0 Å². The maximum absolute atomic E-state index is 11.5. The van der Waals surface area contributed by atoms with Crippen molar-refractivity contribution in [1.29, 1.82) is 0 Å². The Balaban J connectivity index is 2.05. The number of rotatable bonds is 6. The van der Waals surface area contributed by atoms with Gasteiger partial charge in [-0.25, -0.2) is 4.79 Å². The smallest absolute Gasteiger partial charge is 0.330 e. The van der Waals surface area contributed by atoms with Gasteiger partial charge in [-0.15, -0.1) is 0 Å². The van der Waals surface area contributed by atoms with Crippen LogP contribution in [0, 0.1) is 0 Å². The molecule has 0 heterocycles. The minimum absolute atomic E-state index is 0.302. The minimum Gasteiger partial charge on any atom is -0.480 e. The third-order valence-corrected chi connectivity index (χ3v) is 3.14. The molecule has 2 aromatic carbocycles. The Morgan fingerprint density at radius 2 is 1.65 bits per heavy atom. The van der Waals surface area contributed by atoms with E-state index in [2.05, 4.69) is 5.48 Å². The standard InChI is InChI=1S/C16H17NO3/c1-16(15(18)19,14-10-6-3-7-11-14)17-20-12-13-8-4-2-5-9-13/h2-11,17H,12H2,1H3,(H,18,19). The lowest BCUT2D eigenvalue weighted by Crippen LogP contribution is -2.46. The number of hydrogen-bond donors (Lipinski definition) is 2. The van der Waals surface area contributed by atoms with Crippen molar-refractivity contribution in [2.24, 2.45) is 0 Å². The van der Waals surface area contributed by atoms with Crippen molar-refractivity contribution in [2.75, 3.05) is 0 Å². The SMILES string of the molecule is CC(NOCc1ccccc1)(C(=O)O)c1ccccc1. The van der Waals surface area contributed by atoms with Crippen molar-refractivity contribution in [3.63, 3.8) is 0 Å². The summed E-state index contributed by atoms with van der Waals surface area (Å²) in [5.41, 5.74) is 2.99. The van der Waals surface area contributed by atoms with Gasteiger partial charge in [0.05, 0.1) is 6.61 Å². The predicted octanol–water partition coefficient (Wildman–Crippen LogP) is 2.71. The first-order valence-corrected chi connectivity index (χ1v) is 6.35. The number of carboxylic acids is 1. The Morgan fingerprint density at radius 3 is 2.20 bits per heavy atom. The molecule has 104 valence electrons. The van der Waals surface area contributed by atoms with Crippen molar-refractivity contribution in [1.82, 2.24) is 5.48 Å². The van der Waals surface area contributed by atoms with E-state index in [0.29, 0.717) is 12.2 Å². The molecule has 2 N–H and O–H groups in total. The topological polar surface area (TPSA) is 58.6 Å². The zero-order chi connectivity index (χ0) is 14.4. The fourth-order valence-corrected chi connectivity index (χ4v) is 1.84. The molecule has 0 spiro atoms. The van der Waals surface area contributed by atoms with E-state index in [1.807, 2.05) is 36.4 Å². The maximum Gasteiger partial charge on any atom is 0.330 e. The van der Waals surface area contributed by atoms with E-state index in [9.17, 15) is 9.90 Å². The van der Waals surface area contributed by atoms with E-state index in [1.165, 1.54) is 0 Å². The normalized spacial score (nSPS) is 13.7. The van der Waals surface area contributed by atoms with Crippen molar-refractivity contribution in [2.45, 2.75) is 19.1 Å². The third-order valence-electron chi connectivity index (χ3n) is 3.14. The largest absolute Gasteiger partial charge is 0.480 e. The second-order valence-electron chi connectivity index (χ2n) is 4.67. The van der Waals surface area contributed by atoms with Gasteiger partial charge in [0.25, 0.3) is 0 Å². The molecule has 2 aromatic rings. The average molecular weight is 271 g/mol. The lowest BCUT2D eigenvalue weighted by atomic mass is 9.93. The van der Waals surface area contributed by atoms with Gasteiger partial charge in [-0.05, 0) is 18.1 Å². The Hall–Kier alpha value is -2.17. The van der Waals surface area contributed by atoms with Crippen LogP contribution in [0.25, 0.3) is 0 Å². The zero-order valence-electron chi connectivity index (χ0n) is 11.2. The molecular weight excluding hydrogens is 254 g/mol. The highest BCUT2D eigenvalue weighted by molar-refractivity contribution is 5.80. The molecule has 0 fully saturated rings. The lowest BCUT2D eigenvalue weighted by Gasteiger charge is -2.26. The number of hydroxylamine groups is 1. The van der Waals surface area contributed by atoms with Crippen LogP contribution in [0.15, 0.2) is 60.7 Å². The fourth-order valence-electron chi connectivity index (χ4n) is 1.84. The number of benzene rings is 2. The molecule has 0 amide bonds. The van der Waals surface area contributed by atoms with Crippen molar-refractivity contribution >= 4 is 5.97 Å². The van der Waals surface area contributed by atoms with Crippen molar-refractivity contribution < 1.29 is 14.7 Å². The van der Waals surface area contributed by atoms with Crippen molar-refractivity contribution in [3.05, 3.63) is 71.8 Å². The summed E-state index contributed by atoms with van der Waals surface area (Å²) in [4.78, 5) is 16.9. The van der Waals surface area contributed by atoms with E-state index < -0.39 is 11.5 Å². The molecule has 0 saturated carbocycles. The number of carbonyl (C=O) groups is 1. The summed E-state index contributed by atoms with van der Waals surface area (Å²) in [5.74, 6) is -0.989. The summed E-state index contributed by atoms with van der Waals surface area (Å²) < 4.78 is 0. The van der Waals surface area contributed by atoms with Crippen LogP contribution in [0.3, 0.4) is 0 Å². The molecule has 0 aliphatic rings. The van der Waals surface area contributed by atoms with Gasteiger partial charge < -0.3 is 5.11 Å². The van der Waals surface area contributed by atoms with Crippen LogP contribution in [0.4, 0.5) is 0 Å². The molecule has 20 heavy (non-hydrogen) atoms. The summed E-state index contributed by atoms with van der Waals surface area (Å²) in [7, 11) is 0. The third kappa shape index (κ3) is 3.23. The molecule has 0 saturated heterocycles. The molecule has 0 aliphatic heterocycles. The van der Waals surface area contributed by atoms with E-state index in [0.717, 1.165) is 5.56 Å².